The summed E-state index contributed by atoms with van der Waals surface area (Å²) < 4.78 is 5.72. The third kappa shape index (κ3) is 8.91. The highest BCUT2D eigenvalue weighted by atomic mass is 16.6. The Kier molecular flexibility index (Phi) is 10.4. The van der Waals surface area contributed by atoms with Crippen LogP contribution in [0.5, 0.6) is 0 Å². The second-order valence-corrected chi connectivity index (χ2v) is 11.3. The molecule has 1 unspecified atom stereocenters. The highest BCUT2D eigenvalue weighted by molar-refractivity contribution is 5.84. The molecule has 0 aromatic heterocycles. The third-order valence-corrected chi connectivity index (χ3v) is 7.18. The van der Waals surface area contributed by atoms with Gasteiger partial charge in [0.05, 0.1) is 17.3 Å². The van der Waals surface area contributed by atoms with E-state index in [1.54, 1.807) is 0 Å². The molecule has 0 radical (unpaired) electrons. The molecule has 8 nitrogen and oxygen atoms in total. The van der Waals surface area contributed by atoms with E-state index in [1.807, 2.05) is 20.8 Å². The Hall–Kier alpha value is -2.12. The maximum Gasteiger partial charge on any atom is 0.309 e. The van der Waals surface area contributed by atoms with E-state index in [9.17, 15) is 24.3 Å². The summed E-state index contributed by atoms with van der Waals surface area (Å²) in [6.45, 7) is 7.61. The summed E-state index contributed by atoms with van der Waals surface area (Å²) in [5.41, 5.74) is -1.18. The lowest BCUT2D eigenvalue weighted by Gasteiger charge is -2.35. The number of esters is 1. The molecule has 194 valence electrons. The lowest BCUT2D eigenvalue weighted by molar-refractivity contribution is -0.162. The monoisotopic (exact) mass is 480 g/mol. The summed E-state index contributed by atoms with van der Waals surface area (Å²) in [6, 6.07) is -0.00166. The minimum Gasteiger partial charge on any atom is -0.481 e. The average molecular weight is 481 g/mol. The van der Waals surface area contributed by atoms with Gasteiger partial charge >= 0.3 is 11.9 Å². The van der Waals surface area contributed by atoms with E-state index in [-0.39, 0.29) is 35.7 Å². The van der Waals surface area contributed by atoms with Crippen LogP contribution in [-0.2, 0) is 23.9 Å². The third-order valence-electron chi connectivity index (χ3n) is 7.18. The molecule has 2 aliphatic carbocycles. The number of ether oxygens (including phenoxy) is 1. The largest absolute Gasteiger partial charge is 0.481 e. The molecule has 3 N–H and O–H groups in total. The van der Waals surface area contributed by atoms with Gasteiger partial charge in [-0.25, -0.2) is 0 Å². The summed E-state index contributed by atoms with van der Waals surface area (Å²) >= 11 is 0. The van der Waals surface area contributed by atoms with Crippen molar-refractivity contribution in [3.05, 3.63) is 0 Å². The van der Waals surface area contributed by atoms with Crippen LogP contribution >= 0.6 is 0 Å². The fourth-order valence-electron chi connectivity index (χ4n) is 5.34. The number of carboxylic acids is 1. The van der Waals surface area contributed by atoms with Crippen LogP contribution in [0.2, 0.25) is 0 Å². The number of hydrogen-bond acceptors (Lipinski definition) is 5. The molecule has 0 bridgehead atoms. The Morgan fingerprint density at radius 3 is 2.18 bits per heavy atom. The molecule has 0 saturated heterocycles. The van der Waals surface area contributed by atoms with Gasteiger partial charge in [-0.1, -0.05) is 19.3 Å². The van der Waals surface area contributed by atoms with E-state index >= 15 is 0 Å². The molecule has 8 heteroatoms. The van der Waals surface area contributed by atoms with E-state index in [0.29, 0.717) is 45.1 Å². The molecule has 2 saturated carbocycles. The predicted molar refractivity (Wildman–Crippen MR) is 129 cm³/mol. The molecule has 0 heterocycles. The van der Waals surface area contributed by atoms with Crippen LogP contribution in [0.1, 0.15) is 105 Å². The number of nitrogens with one attached hydrogen (secondary N) is 2. The number of carboxylic acid groups (broad SMARTS) is 1. The number of carbonyl (C=O) groups is 4. The molecule has 2 rings (SSSR count). The van der Waals surface area contributed by atoms with Crippen molar-refractivity contribution in [3.63, 3.8) is 0 Å². The van der Waals surface area contributed by atoms with Gasteiger partial charge in [0.25, 0.3) is 0 Å². The molecule has 34 heavy (non-hydrogen) atoms. The highest BCUT2D eigenvalue weighted by Crippen LogP contribution is 2.45. The van der Waals surface area contributed by atoms with Gasteiger partial charge in [-0.15, -0.1) is 0 Å². The van der Waals surface area contributed by atoms with Crippen LogP contribution in [0, 0.1) is 17.3 Å². The standard InChI is InChI=1S/C26H44N2O6/c1-18(29)27-16-8-5-9-20(23(32)34-25(2,3)4)17-26(14-6-7-15-26)24(33)28-21-12-10-19(11-13-21)22(30)31/h19-21H,5-17H2,1-4H3,(H,27,29)(H,28,33)(H,30,31). The van der Waals surface area contributed by atoms with Crippen LogP contribution in [0.3, 0.4) is 0 Å². The van der Waals surface area contributed by atoms with E-state index in [0.717, 1.165) is 38.5 Å². The second kappa shape index (κ2) is 12.5. The van der Waals surface area contributed by atoms with Gasteiger partial charge in [0.15, 0.2) is 0 Å². The zero-order chi connectivity index (χ0) is 25.4. The van der Waals surface area contributed by atoms with Gasteiger partial charge in [0.2, 0.25) is 11.8 Å². The Morgan fingerprint density at radius 2 is 1.65 bits per heavy atom. The highest BCUT2D eigenvalue weighted by Gasteiger charge is 2.45. The topological polar surface area (TPSA) is 122 Å². The maximum atomic E-state index is 13.5. The molecule has 2 amide bonds. The van der Waals surface area contributed by atoms with Crippen molar-refractivity contribution in [1.82, 2.24) is 10.6 Å². The zero-order valence-corrected chi connectivity index (χ0v) is 21.4. The minimum atomic E-state index is -0.754. The number of aliphatic carboxylic acids is 1. The van der Waals surface area contributed by atoms with Crippen molar-refractivity contribution in [1.29, 1.82) is 0 Å². The van der Waals surface area contributed by atoms with Gasteiger partial charge in [0.1, 0.15) is 5.60 Å². The van der Waals surface area contributed by atoms with Gasteiger partial charge in [0, 0.05) is 19.5 Å². The number of unbranched alkanes of at least 4 members (excludes halogenated alkanes) is 1. The van der Waals surface area contributed by atoms with Crippen LogP contribution < -0.4 is 10.6 Å². The first kappa shape index (κ1) is 28.1. The van der Waals surface area contributed by atoms with Crippen molar-refractivity contribution in [2.75, 3.05) is 6.54 Å². The smallest absolute Gasteiger partial charge is 0.309 e. The Morgan fingerprint density at radius 1 is 1.03 bits per heavy atom. The van der Waals surface area contributed by atoms with Crippen molar-refractivity contribution in [2.24, 2.45) is 17.3 Å². The first-order valence-corrected chi connectivity index (χ1v) is 12.9. The van der Waals surface area contributed by atoms with Crippen molar-refractivity contribution < 1.29 is 29.0 Å². The summed E-state index contributed by atoms with van der Waals surface area (Å²) in [4.78, 5) is 49.0. The summed E-state index contributed by atoms with van der Waals surface area (Å²) in [5.74, 6) is -1.76. The lowest BCUT2D eigenvalue weighted by atomic mass is 9.75. The fraction of sp³-hybridized carbons (Fsp3) is 0.846. The normalized spacial score (nSPS) is 23.1. The molecular weight excluding hydrogens is 436 g/mol. The van der Waals surface area contributed by atoms with Crippen LogP contribution in [0.15, 0.2) is 0 Å². The van der Waals surface area contributed by atoms with Gasteiger partial charge in [-0.2, -0.15) is 0 Å². The Labute approximate surface area is 204 Å². The summed E-state index contributed by atoms with van der Waals surface area (Å²) in [6.07, 6.45) is 8.59. The number of rotatable bonds is 11. The molecular formula is C26H44N2O6. The maximum absolute atomic E-state index is 13.5. The number of carbonyl (C=O) groups excluding carboxylic acids is 3. The second-order valence-electron chi connectivity index (χ2n) is 11.3. The molecule has 0 aromatic carbocycles. The van der Waals surface area contributed by atoms with Gasteiger partial charge in [-0.05, 0) is 78.6 Å². The van der Waals surface area contributed by atoms with E-state index in [1.165, 1.54) is 6.92 Å². The van der Waals surface area contributed by atoms with Crippen LogP contribution in [-0.4, -0.2) is 47.0 Å². The van der Waals surface area contributed by atoms with Crippen molar-refractivity contribution >= 4 is 23.8 Å². The lowest BCUT2D eigenvalue weighted by Crippen LogP contribution is -2.47. The fourth-order valence-corrected chi connectivity index (χ4v) is 5.34. The minimum absolute atomic E-state index is 0.00166. The number of amides is 2. The van der Waals surface area contributed by atoms with Crippen molar-refractivity contribution in [2.45, 2.75) is 116 Å². The molecule has 1 atom stereocenters. The molecule has 0 aromatic rings. The predicted octanol–water partition coefficient (Wildman–Crippen LogP) is 3.96. The van der Waals surface area contributed by atoms with Crippen LogP contribution in [0.4, 0.5) is 0 Å². The van der Waals surface area contributed by atoms with E-state index < -0.39 is 17.0 Å². The average Bonchev–Trinajstić information content (AvgIpc) is 3.21. The van der Waals surface area contributed by atoms with E-state index in [4.69, 9.17) is 4.74 Å². The summed E-state index contributed by atoms with van der Waals surface area (Å²) in [7, 11) is 0. The Balaban J connectivity index is 2.04. The molecule has 0 spiro atoms. The Bertz CT molecular complexity index is 715. The van der Waals surface area contributed by atoms with Gasteiger partial charge < -0.3 is 20.5 Å². The van der Waals surface area contributed by atoms with Crippen molar-refractivity contribution in [3.8, 4) is 0 Å². The van der Waals surface area contributed by atoms with E-state index in [2.05, 4.69) is 10.6 Å². The van der Waals surface area contributed by atoms with Crippen LogP contribution in [0.25, 0.3) is 0 Å². The summed E-state index contributed by atoms with van der Waals surface area (Å²) in [5, 5.41) is 15.2. The first-order chi connectivity index (χ1) is 15.9. The first-order valence-electron chi connectivity index (χ1n) is 12.9. The zero-order valence-electron chi connectivity index (χ0n) is 21.4. The molecule has 2 aliphatic rings. The number of hydrogen-bond donors (Lipinski definition) is 3. The molecule has 0 aliphatic heterocycles. The molecule has 2 fully saturated rings. The SMILES string of the molecule is CC(=O)NCCCCC(CC1(C(=O)NC2CCC(C(=O)O)CC2)CCCC1)C(=O)OC(C)(C)C. The van der Waals surface area contributed by atoms with Gasteiger partial charge in [-0.3, -0.25) is 19.2 Å². The quantitative estimate of drug-likeness (QED) is 0.304.